The van der Waals surface area contributed by atoms with Crippen molar-refractivity contribution in [3.8, 4) is 23.0 Å². The van der Waals surface area contributed by atoms with Gasteiger partial charge < -0.3 is 39.4 Å². The monoisotopic (exact) mass is 656 g/mol. The molecular formula is C36H40N4O8. The smallest absolute Gasteiger partial charge is 0.258 e. The lowest BCUT2D eigenvalue weighted by molar-refractivity contribution is -0.125. The first-order valence-corrected chi connectivity index (χ1v) is 16.2. The van der Waals surface area contributed by atoms with Gasteiger partial charge in [-0.2, -0.15) is 0 Å². The highest BCUT2D eigenvalue weighted by Gasteiger charge is 2.35. The molecule has 12 heteroatoms. The molecule has 0 aromatic heterocycles. The Kier molecular flexibility index (Phi) is 9.98. The molecule has 0 spiro atoms. The summed E-state index contributed by atoms with van der Waals surface area (Å²) in [6, 6.07) is 17.3. The van der Waals surface area contributed by atoms with Crippen LogP contribution in [-0.2, 0) is 27.3 Å². The summed E-state index contributed by atoms with van der Waals surface area (Å²) < 4.78 is 23.4. The van der Waals surface area contributed by atoms with Gasteiger partial charge in [0.2, 0.25) is 11.8 Å². The number of rotatable bonds is 4. The number of carbonyl (C=O) groups is 4. The number of aryl methyl sites for hydroxylation is 1. The number of methoxy groups -OCH3 is 2. The number of amides is 4. The van der Waals surface area contributed by atoms with Crippen molar-refractivity contribution in [2.45, 2.75) is 50.8 Å². The lowest BCUT2D eigenvalue weighted by atomic mass is 10.00. The highest BCUT2D eigenvalue weighted by molar-refractivity contribution is 5.99. The number of anilines is 1. The fourth-order valence-corrected chi connectivity index (χ4v) is 6.35. The second kappa shape index (κ2) is 14.7. The Morgan fingerprint density at radius 2 is 1.75 bits per heavy atom. The molecule has 0 aliphatic carbocycles. The maximum Gasteiger partial charge on any atom is 0.258 e. The first-order valence-electron chi connectivity index (χ1n) is 16.2. The van der Waals surface area contributed by atoms with Crippen molar-refractivity contribution >= 4 is 29.3 Å². The molecule has 3 aromatic carbocycles. The maximum absolute atomic E-state index is 13.8. The highest BCUT2D eigenvalue weighted by atomic mass is 16.5. The van der Waals surface area contributed by atoms with Crippen LogP contribution in [0.4, 0.5) is 5.69 Å². The van der Waals surface area contributed by atoms with Gasteiger partial charge in [-0.1, -0.05) is 12.1 Å². The Labute approximate surface area is 279 Å². The average Bonchev–Trinajstić information content (AvgIpc) is 3.54. The van der Waals surface area contributed by atoms with Crippen LogP contribution in [0.2, 0.25) is 0 Å². The molecule has 2 atom stereocenters. The minimum Gasteiger partial charge on any atom is -0.496 e. The summed E-state index contributed by atoms with van der Waals surface area (Å²) >= 11 is 0. The van der Waals surface area contributed by atoms with Crippen molar-refractivity contribution in [3.05, 3.63) is 77.4 Å². The van der Waals surface area contributed by atoms with Crippen LogP contribution in [-0.4, -0.2) is 81.1 Å². The summed E-state index contributed by atoms with van der Waals surface area (Å²) in [5.41, 5.74) is 2.82. The van der Waals surface area contributed by atoms with Gasteiger partial charge >= 0.3 is 0 Å². The average molecular weight is 657 g/mol. The summed E-state index contributed by atoms with van der Waals surface area (Å²) in [5.74, 6) is 1.28. The van der Waals surface area contributed by atoms with Gasteiger partial charge in [0, 0.05) is 68.3 Å². The molecule has 12 nitrogen and oxygen atoms in total. The van der Waals surface area contributed by atoms with E-state index < -0.39 is 18.1 Å². The third kappa shape index (κ3) is 7.48. The topological polar surface area (TPSA) is 136 Å². The first-order chi connectivity index (χ1) is 23.3. The van der Waals surface area contributed by atoms with Gasteiger partial charge in [0.25, 0.3) is 11.8 Å². The molecule has 4 heterocycles. The van der Waals surface area contributed by atoms with E-state index >= 15 is 0 Å². The molecule has 2 saturated heterocycles. The maximum atomic E-state index is 13.8. The van der Waals surface area contributed by atoms with Crippen molar-refractivity contribution < 1.29 is 38.1 Å². The number of fused-ring (bicyclic) bond motifs is 9. The Balaban J connectivity index is 1.25. The molecular weight excluding hydrogens is 616 g/mol. The number of nitrogens with one attached hydrogen (secondary N) is 2. The fraction of sp³-hybridized carbons (Fsp3) is 0.389. The molecule has 4 amide bonds. The zero-order valence-electron chi connectivity index (χ0n) is 27.2. The van der Waals surface area contributed by atoms with Gasteiger partial charge in [-0.3, -0.25) is 19.2 Å². The zero-order chi connectivity index (χ0) is 33.6. The van der Waals surface area contributed by atoms with E-state index in [0.717, 1.165) is 17.5 Å². The van der Waals surface area contributed by atoms with Crippen molar-refractivity contribution in [2.24, 2.45) is 0 Å². The van der Waals surface area contributed by atoms with Gasteiger partial charge in [-0.25, -0.2) is 0 Å². The van der Waals surface area contributed by atoms with Gasteiger partial charge in [0.05, 0.1) is 20.3 Å². The van der Waals surface area contributed by atoms with Crippen LogP contribution < -0.4 is 34.5 Å². The predicted molar refractivity (Wildman–Crippen MR) is 177 cm³/mol. The van der Waals surface area contributed by atoms with E-state index in [1.54, 1.807) is 59.4 Å². The third-order valence-electron chi connectivity index (χ3n) is 8.91. The number of hydrogen-bond donors (Lipinski definition) is 2. The minimum absolute atomic E-state index is 0.0500. The molecule has 7 rings (SSSR count). The van der Waals surface area contributed by atoms with Crippen LogP contribution in [0.25, 0.3) is 0 Å². The fourth-order valence-electron chi connectivity index (χ4n) is 6.35. The SMILES string of the molecule is COc1cc2ccc1CNC(=O)CCc1ccc(OC)c(c1)OCC(=O)N[C@@H]1CN(C(=O)c3cccc(N4CCCC4=O)c3)CC[C@@H]1O2. The Morgan fingerprint density at radius 1 is 0.896 bits per heavy atom. The predicted octanol–water partition coefficient (Wildman–Crippen LogP) is 3.25. The summed E-state index contributed by atoms with van der Waals surface area (Å²) in [7, 11) is 3.08. The summed E-state index contributed by atoms with van der Waals surface area (Å²) in [6.07, 6.45) is 1.99. The van der Waals surface area contributed by atoms with E-state index in [1.165, 1.54) is 7.11 Å². The second-order valence-corrected chi connectivity index (χ2v) is 12.1. The Hall–Kier alpha value is -5.26. The van der Waals surface area contributed by atoms with Crippen LogP contribution >= 0.6 is 0 Å². The summed E-state index contributed by atoms with van der Waals surface area (Å²) in [6.45, 7) is 1.20. The van der Waals surface area contributed by atoms with E-state index in [1.807, 2.05) is 18.2 Å². The lowest BCUT2D eigenvalue weighted by Gasteiger charge is -2.39. The number of carbonyl (C=O) groups excluding carboxylic acids is 4. The van der Waals surface area contributed by atoms with Crippen molar-refractivity contribution in [1.29, 1.82) is 0 Å². The summed E-state index contributed by atoms with van der Waals surface area (Å²) in [5, 5.41) is 5.99. The molecule has 2 fully saturated rings. The molecule has 4 aliphatic heterocycles. The van der Waals surface area contributed by atoms with Gasteiger partial charge in [0.15, 0.2) is 18.1 Å². The molecule has 2 N–H and O–H groups in total. The molecule has 0 radical (unpaired) electrons. The van der Waals surface area contributed by atoms with E-state index in [-0.39, 0.29) is 43.8 Å². The molecule has 0 unspecified atom stereocenters. The standard InChI is InChI=1S/C36H40N4O8/c1-45-30-12-8-23-9-13-33(41)37-20-25-10-11-27(19-31(25)46-2)48-29-14-16-39(21-28(29)38-34(42)22-47-32(30)17-23)36(44)24-5-3-6-26(18-24)40-15-4-7-35(40)43/h3,5-6,8,10-12,17-19,28-29H,4,7,9,13-16,20-22H2,1-2H3,(H,37,41)(H,38,42)/t28-,29+/m1/s1. The Morgan fingerprint density at radius 3 is 2.54 bits per heavy atom. The van der Waals surface area contributed by atoms with E-state index in [4.69, 9.17) is 18.9 Å². The molecule has 252 valence electrons. The molecule has 0 saturated carbocycles. The number of hydrogen-bond acceptors (Lipinski definition) is 8. The van der Waals surface area contributed by atoms with E-state index in [0.29, 0.717) is 66.6 Å². The number of benzene rings is 3. The van der Waals surface area contributed by atoms with Crippen LogP contribution in [0.3, 0.4) is 0 Å². The van der Waals surface area contributed by atoms with Gasteiger partial charge in [-0.15, -0.1) is 0 Å². The largest absolute Gasteiger partial charge is 0.496 e. The normalized spacial score (nSPS) is 20.2. The van der Waals surface area contributed by atoms with E-state index in [2.05, 4.69) is 10.6 Å². The number of ether oxygens (including phenoxy) is 4. The van der Waals surface area contributed by atoms with Crippen molar-refractivity contribution in [2.75, 3.05) is 45.4 Å². The number of piperidine rings is 1. The van der Waals surface area contributed by atoms with Gasteiger partial charge in [0.1, 0.15) is 17.6 Å². The molecule has 4 aliphatic rings. The second-order valence-electron chi connectivity index (χ2n) is 12.1. The van der Waals surface area contributed by atoms with Crippen molar-refractivity contribution in [3.63, 3.8) is 0 Å². The lowest BCUT2D eigenvalue weighted by Crippen LogP contribution is -2.58. The molecule has 4 bridgehead atoms. The van der Waals surface area contributed by atoms with Crippen LogP contribution in [0.15, 0.2) is 60.7 Å². The third-order valence-corrected chi connectivity index (χ3v) is 8.91. The van der Waals surface area contributed by atoms with Crippen LogP contribution in [0.1, 0.15) is 47.2 Å². The summed E-state index contributed by atoms with van der Waals surface area (Å²) in [4.78, 5) is 55.6. The quantitative estimate of drug-likeness (QED) is 0.437. The molecule has 3 aromatic rings. The van der Waals surface area contributed by atoms with Crippen molar-refractivity contribution in [1.82, 2.24) is 15.5 Å². The Bertz CT molecular complexity index is 1690. The zero-order valence-corrected chi connectivity index (χ0v) is 27.2. The van der Waals surface area contributed by atoms with Gasteiger partial charge in [-0.05, 0) is 60.9 Å². The van der Waals surface area contributed by atoms with E-state index in [9.17, 15) is 19.2 Å². The van der Waals surface area contributed by atoms with Crippen LogP contribution in [0.5, 0.6) is 23.0 Å². The first kappa shape index (κ1) is 32.7. The molecule has 48 heavy (non-hydrogen) atoms. The number of likely N-dealkylation sites (tertiary alicyclic amines) is 1. The van der Waals surface area contributed by atoms with Crippen LogP contribution in [0, 0.1) is 0 Å². The number of nitrogens with zero attached hydrogens (tertiary/aromatic N) is 2. The minimum atomic E-state index is -0.567. The highest BCUT2D eigenvalue weighted by Crippen LogP contribution is 2.30.